The first-order chi connectivity index (χ1) is 8.65. The summed E-state index contributed by atoms with van der Waals surface area (Å²) in [5.41, 5.74) is 8.58. The molecule has 0 saturated carbocycles. The summed E-state index contributed by atoms with van der Waals surface area (Å²) in [5, 5.41) is 9.50. The first kappa shape index (κ1) is 11.2. The maximum absolute atomic E-state index is 9.50. The molecular weight excluding hydrogens is 224 g/mol. The van der Waals surface area contributed by atoms with Crippen LogP contribution in [0.15, 0.2) is 30.3 Å². The Bertz CT molecular complexity index is 567. The van der Waals surface area contributed by atoms with Gasteiger partial charge in [0.15, 0.2) is 0 Å². The van der Waals surface area contributed by atoms with Crippen LogP contribution >= 0.6 is 0 Å². The van der Waals surface area contributed by atoms with Crippen LogP contribution in [0.4, 0.5) is 0 Å². The SMILES string of the molecule is Cc1ccc(C)n1NC1CCc2cc(O)ccc21. The minimum absolute atomic E-state index is 0.338. The van der Waals surface area contributed by atoms with Crippen LogP contribution in [-0.2, 0) is 6.42 Å². The summed E-state index contributed by atoms with van der Waals surface area (Å²) in [5.74, 6) is 0.364. The Hall–Kier alpha value is -1.90. The van der Waals surface area contributed by atoms with Crippen molar-refractivity contribution in [1.82, 2.24) is 4.68 Å². The molecule has 0 spiro atoms. The molecular formula is C15H18N2O. The number of fused-ring (bicyclic) bond motifs is 1. The molecule has 0 aliphatic heterocycles. The molecule has 1 unspecified atom stereocenters. The van der Waals surface area contributed by atoms with Gasteiger partial charge in [0, 0.05) is 11.4 Å². The van der Waals surface area contributed by atoms with Crippen molar-refractivity contribution in [3.8, 4) is 5.75 Å². The lowest BCUT2D eigenvalue weighted by Gasteiger charge is -2.19. The van der Waals surface area contributed by atoms with E-state index in [1.807, 2.05) is 12.1 Å². The third kappa shape index (κ3) is 1.76. The predicted molar refractivity (Wildman–Crippen MR) is 72.4 cm³/mol. The Balaban J connectivity index is 1.89. The van der Waals surface area contributed by atoms with Crippen molar-refractivity contribution in [2.75, 3.05) is 5.43 Å². The van der Waals surface area contributed by atoms with Gasteiger partial charge < -0.3 is 10.5 Å². The number of aromatic nitrogens is 1. The summed E-state index contributed by atoms with van der Waals surface area (Å²) in [7, 11) is 0. The second-order valence-corrected chi connectivity index (χ2v) is 5.05. The summed E-state index contributed by atoms with van der Waals surface area (Å²) in [4.78, 5) is 0. The van der Waals surface area contributed by atoms with Crippen molar-refractivity contribution < 1.29 is 5.11 Å². The highest BCUT2D eigenvalue weighted by Gasteiger charge is 2.23. The van der Waals surface area contributed by atoms with Crippen LogP contribution in [-0.4, -0.2) is 9.78 Å². The first-order valence-electron chi connectivity index (χ1n) is 6.38. The van der Waals surface area contributed by atoms with E-state index in [9.17, 15) is 5.11 Å². The molecule has 0 amide bonds. The van der Waals surface area contributed by atoms with Crippen molar-refractivity contribution >= 4 is 0 Å². The highest BCUT2D eigenvalue weighted by atomic mass is 16.3. The zero-order chi connectivity index (χ0) is 12.7. The van der Waals surface area contributed by atoms with Crippen LogP contribution in [0.1, 0.15) is 35.0 Å². The van der Waals surface area contributed by atoms with Crippen LogP contribution < -0.4 is 5.43 Å². The van der Waals surface area contributed by atoms with Gasteiger partial charge in [-0.15, -0.1) is 0 Å². The number of nitrogens with zero attached hydrogens (tertiary/aromatic N) is 1. The molecule has 18 heavy (non-hydrogen) atoms. The second kappa shape index (κ2) is 4.09. The van der Waals surface area contributed by atoms with E-state index in [1.54, 1.807) is 6.07 Å². The van der Waals surface area contributed by atoms with Crippen molar-refractivity contribution in [2.24, 2.45) is 0 Å². The van der Waals surface area contributed by atoms with Crippen LogP contribution in [0.25, 0.3) is 0 Å². The maximum Gasteiger partial charge on any atom is 0.115 e. The highest BCUT2D eigenvalue weighted by molar-refractivity contribution is 5.41. The monoisotopic (exact) mass is 242 g/mol. The van der Waals surface area contributed by atoms with E-state index >= 15 is 0 Å². The average Bonchev–Trinajstić information content (AvgIpc) is 2.87. The Kier molecular flexibility index (Phi) is 2.54. The number of hydrogen-bond donors (Lipinski definition) is 2. The molecule has 2 N–H and O–H groups in total. The van der Waals surface area contributed by atoms with Crippen LogP contribution in [0, 0.1) is 13.8 Å². The number of aromatic hydroxyl groups is 1. The van der Waals surface area contributed by atoms with Gasteiger partial charge in [0.05, 0.1) is 6.04 Å². The van der Waals surface area contributed by atoms with Crippen LogP contribution in [0.2, 0.25) is 0 Å². The van der Waals surface area contributed by atoms with E-state index in [1.165, 1.54) is 22.5 Å². The summed E-state index contributed by atoms with van der Waals surface area (Å²) in [6.07, 6.45) is 2.11. The minimum Gasteiger partial charge on any atom is -0.508 e. The summed E-state index contributed by atoms with van der Waals surface area (Å²) < 4.78 is 2.15. The lowest BCUT2D eigenvalue weighted by atomic mass is 10.1. The standard InChI is InChI=1S/C15H18N2O/c1-10-3-4-11(2)17(10)16-15-8-5-12-9-13(18)6-7-14(12)15/h3-4,6-7,9,15-16,18H,5,8H2,1-2H3. The molecule has 1 aromatic carbocycles. The molecule has 3 heteroatoms. The smallest absolute Gasteiger partial charge is 0.115 e. The Labute approximate surface area is 107 Å². The molecule has 0 fully saturated rings. The molecule has 3 nitrogen and oxygen atoms in total. The number of aryl methyl sites for hydroxylation is 3. The Morgan fingerprint density at radius 2 is 1.89 bits per heavy atom. The molecule has 1 aromatic heterocycles. The fourth-order valence-electron chi connectivity index (χ4n) is 2.77. The van der Waals surface area contributed by atoms with Crippen molar-refractivity contribution in [2.45, 2.75) is 32.7 Å². The molecule has 0 bridgehead atoms. The fourth-order valence-corrected chi connectivity index (χ4v) is 2.77. The van der Waals surface area contributed by atoms with Gasteiger partial charge >= 0.3 is 0 Å². The quantitative estimate of drug-likeness (QED) is 0.849. The molecule has 94 valence electrons. The van der Waals surface area contributed by atoms with Gasteiger partial charge in [0.25, 0.3) is 0 Å². The van der Waals surface area contributed by atoms with Gasteiger partial charge in [-0.2, -0.15) is 0 Å². The molecule has 0 saturated heterocycles. The van der Waals surface area contributed by atoms with Crippen molar-refractivity contribution in [1.29, 1.82) is 0 Å². The topological polar surface area (TPSA) is 37.2 Å². The van der Waals surface area contributed by atoms with Crippen LogP contribution in [0.3, 0.4) is 0 Å². The van der Waals surface area contributed by atoms with Crippen LogP contribution in [0.5, 0.6) is 5.75 Å². The third-order valence-corrected chi connectivity index (χ3v) is 3.76. The van der Waals surface area contributed by atoms with E-state index in [0.717, 1.165) is 12.8 Å². The fraction of sp³-hybridized carbons (Fsp3) is 0.333. The van der Waals surface area contributed by atoms with E-state index in [4.69, 9.17) is 0 Å². The Morgan fingerprint density at radius 3 is 2.61 bits per heavy atom. The number of benzene rings is 1. The van der Waals surface area contributed by atoms with Gasteiger partial charge in [-0.3, -0.25) is 4.68 Å². The number of nitrogens with one attached hydrogen (secondary N) is 1. The zero-order valence-electron chi connectivity index (χ0n) is 10.8. The van der Waals surface area contributed by atoms with Gasteiger partial charge in [-0.05, 0) is 62.1 Å². The van der Waals surface area contributed by atoms with Gasteiger partial charge in [0.2, 0.25) is 0 Å². The number of phenolic OH excluding ortho intramolecular Hbond substituents is 1. The van der Waals surface area contributed by atoms with Crippen molar-refractivity contribution in [3.05, 3.63) is 52.8 Å². The van der Waals surface area contributed by atoms with Gasteiger partial charge in [-0.25, -0.2) is 0 Å². The van der Waals surface area contributed by atoms with Gasteiger partial charge in [0.1, 0.15) is 5.75 Å². The van der Waals surface area contributed by atoms with E-state index < -0.39 is 0 Å². The third-order valence-electron chi connectivity index (χ3n) is 3.76. The molecule has 3 rings (SSSR count). The normalized spacial score (nSPS) is 17.8. The minimum atomic E-state index is 0.338. The maximum atomic E-state index is 9.50. The lowest BCUT2D eigenvalue weighted by Crippen LogP contribution is -2.21. The molecule has 1 heterocycles. The summed E-state index contributed by atoms with van der Waals surface area (Å²) >= 11 is 0. The largest absolute Gasteiger partial charge is 0.508 e. The first-order valence-corrected chi connectivity index (χ1v) is 6.38. The molecule has 1 aliphatic carbocycles. The molecule has 2 aromatic rings. The van der Waals surface area contributed by atoms with Gasteiger partial charge in [-0.1, -0.05) is 6.07 Å². The predicted octanol–water partition coefficient (Wildman–Crippen LogP) is 3.04. The average molecular weight is 242 g/mol. The summed E-state index contributed by atoms with van der Waals surface area (Å²) in [6, 6.07) is 10.3. The van der Waals surface area contributed by atoms with E-state index in [-0.39, 0.29) is 0 Å². The molecule has 1 atom stereocenters. The van der Waals surface area contributed by atoms with E-state index in [0.29, 0.717) is 11.8 Å². The second-order valence-electron chi connectivity index (χ2n) is 5.05. The Morgan fingerprint density at radius 1 is 1.17 bits per heavy atom. The number of rotatable bonds is 2. The van der Waals surface area contributed by atoms with E-state index in [2.05, 4.69) is 36.1 Å². The molecule has 0 radical (unpaired) electrons. The number of phenols is 1. The number of hydrogen-bond acceptors (Lipinski definition) is 2. The summed E-state index contributed by atoms with van der Waals surface area (Å²) in [6.45, 7) is 4.21. The van der Waals surface area contributed by atoms with Crippen molar-refractivity contribution in [3.63, 3.8) is 0 Å². The molecule has 1 aliphatic rings. The zero-order valence-corrected chi connectivity index (χ0v) is 10.8. The highest BCUT2D eigenvalue weighted by Crippen LogP contribution is 2.34. The lowest BCUT2D eigenvalue weighted by molar-refractivity contribution is 0.474.